The summed E-state index contributed by atoms with van der Waals surface area (Å²) in [7, 11) is 1.39. The average Bonchev–Trinajstić information content (AvgIpc) is 2.83. The van der Waals surface area contributed by atoms with E-state index in [9.17, 15) is 13.2 Å². The van der Waals surface area contributed by atoms with E-state index in [1.165, 1.54) is 12.1 Å². The molecule has 1 N–H and O–H groups in total. The minimum Gasteiger partial charge on any atom is -0.349 e. The van der Waals surface area contributed by atoms with Crippen molar-refractivity contribution < 1.29 is 13.2 Å². The number of carbonyl (C=O) groups is 1. The molecule has 1 aromatic carbocycles. The molecule has 1 fully saturated rings. The maximum atomic E-state index is 12.2. The van der Waals surface area contributed by atoms with Gasteiger partial charge in [-0.1, -0.05) is 24.4 Å². The zero-order valence-corrected chi connectivity index (χ0v) is 13.3. The zero-order chi connectivity index (χ0) is 14.9. The number of hydrogen-bond donors (Lipinski definition) is 1. The van der Waals surface area contributed by atoms with Gasteiger partial charge in [-0.15, -0.1) is 0 Å². The third-order valence-corrected chi connectivity index (χ3v) is 5.26. The van der Waals surface area contributed by atoms with Crippen molar-refractivity contribution in [3.8, 4) is 0 Å². The smallest absolute Gasteiger partial charge is 0.261 e. The highest BCUT2D eigenvalue weighted by atomic mass is 35.7. The van der Waals surface area contributed by atoms with Crippen LogP contribution in [0.25, 0.3) is 0 Å². The van der Waals surface area contributed by atoms with Crippen molar-refractivity contribution in [3.63, 3.8) is 0 Å². The fourth-order valence-electron chi connectivity index (χ4n) is 2.36. The fraction of sp³-hybridized carbons (Fsp3) is 0.462. The molecule has 0 spiro atoms. The van der Waals surface area contributed by atoms with Crippen molar-refractivity contribution >= 4 is 37.2 Å². The lowest BCUT2D eigenvalue weighted by Crippen LogP contribution is -2.33. The van der Waals surface area contributed by atoms with Crippen LogP contribution in [0.3, 0.4) is 0 Å². The van der Waals surface area contributed by atoms with Crippen molar-refractivity contribution in [1.82, 2.24) is 5.32 Å². The van der Waals surface area contributed by atoms with Crippen LogP contribution < -0.4 is 5.32 Å². The molecular formula is C13H15Cl2NO3S. The van der Waals surface area contributed by atoms with Crippen molar-refractivity contribution in [2.24, 2.45) is 0 Å². The Morgan fingerprint density at radius 1 is 1.30 bits per heavy atom. The van der Waals surface area contributed by atoms with Crippen LogP contribution in [0.5, 0.6) is 0 Å². The van der Waals surface area contributed by atoms with E-state index in [1.807, 2.05) is 0 Å². The molecule has 4 nitrogen and oxygen atoms in total. The first kappa shape index (κ1) is 15.6. The first-order valence-corrected chi connectivity index (χ1v) is 9.03. The summed E-state index contributed by atoms with van der Waals surface area (Å²) in [4.78, 5) is 12.1. The lowest BCUT2D eigenvalue weighted by Gasteiger charge is -2.14. The quantitative estimate of drug-likeness (QED) is 0.862. The van der Waals surface area contributed by atoms with Gasteiger partial charge in [-0.05, 0) is 37.5 Å². The summed E-state index contributed by atoms with van der Waals surface area (Å²) < 4.78 is 22.8. The molecule has 110 valence electrons. The molecule has 7 heteroatoms. The van der Waals surface area contributed by atoms with Gasteiger partial charge in [0.1, 0.15) is 0 Å². The van der Waals surface area contributed by atoms with Gasteiger partial charge in [0, 0.05) is 27.3 Å². The van der Waals surface area contributed by atoms with Crippen LogP contribution >= 0.6 is 22.3 Å². The summed E-state index contributed by atoms with van der Waals surface area (Å²) in [5, 5.41) is 3.12. The summed E-state index contributed by atoms with van der Waals surface area (Å²) in [6, 6.07) is 2.68. The van der Waals surface area contributed by atoms with Crippen LogP contribution in [0.2, 0.25) is 5.02 Å². The minimum atomic E-state index is -3.92. The molecule has 0 aromatic heterocycles. The van der Waals surface area contributed by atoms with E-state index >= 15 is 0 Å². The van der Waals surface area contributed by atoms with E-state index in [0.717, 1.165) is 25.7 Å². The molecule has 0 bridgehead atoms. The fourth-order valence-corrected chi connectivity index (χ4v) is 3.43. The van der Waals surface area contributed by atoms with E-state index in [4.69, 9.17) is 22.3 Å². The Balaban J connectivity index is 2.34. The summed E-state index contributed by atoms with van der Waals surface area (Å²) in [6.45, 7) is 1.68. The van der Waals surface area contributed by atoms with Crippen LogP contribution in [0.15, 0.2) is 17.0 Å². The molecule has 1 aliphatic rings. The van der Waals surface area contributed by atoms with E-state index < -0.39 is 9.05 Å². The Labute approximate surface area is 127 Å². The third kappa shape index (κ3) is 3.45. The number of nitrogens with one attached hydrogen (secondary N) is 1. The lowest BCUT2D eigenvalue weighted by molar-refractivity contribution is 0.0937. The van der Waals surface area contributed by atoms with Crippen LogP contribution in [0.1, 0.15) is 41.6 Å². The van der Waals surface area contributed by atoms with Gasteiger partial charge in [-0.2, -0.15) is 0 Å². The Hall–Kier alpha value is -0.780. The maximum Gasteiger partial charge on any atom is 0.261 e. The molecule has 20 heavy (non-hydrogen) atoms. The van der Waals surface area contributed by atoms with Crippen LogP contribution in [-0.2, 0) is 9.05 Å². The number of benzene rings is 1. The van der Waals surface area contributed by atoms with Crippen molar-refractivity contribution in [2.45, 2.75) is 43.5 Å². The highest BCUT2D eigenvalue weighted by Gasteiger charge is 2.22. The molecule has 0 saturated heterocycles. The minimum absolute atomic E-state index is 0.150. The normalized spacial score (nSPS) is 16.4. The molecule has 0 radical (unpaired) electrons. The van der Waals surface area contributed by atoms with E-state index in [-0.39, 0.29) is 27.4 Å². The van der Waals surface area contributed by atoms with E-state index in [2.05, 4.69) is 5.32 Å². The standard InChI is InChI=1S/C13H15Cl2NO3S/c1-8-11(13(17)16-9-4-2-3-5-9)6-10(7-12(8)14)20(15,18)19/h6-7,9H,2-5H2,1H3,(H,16,17). The lowest BCUT2D eigenvalue weighted by atomic mass is 10.1. The zero-order valence-electron chi connectivity index (χ0n) is 10.9. The number of rotatable bonds is 3. The molecule has 1 saturated carbocycles. The van der Waals surface area contributed by atoms with Crippen LogP contribution in [-0.4, -0.2) is 20.4 Å². The summed E-state index contributed by atoms with van der Waals surface area (Å²) >= 11 is 5.98. The first-order chi connectivity index (χ1) is 9.29. The highest BCUT2D eigenvalue weighted by molar-refractivity contribution is 8.13. The third-order valence-electron chi connectivity index (χ3n) is 3.53. The Morgan fingerprint density at radius 3 is 2.45 bits per heavy atom. The predicted octanol–water partition coefficient (Wildman–Crippen LogP) is 3.25. The van der Waals surface area contributed by atoms with E-state index in [0.29, 0.717) is 5.56 Å². The monoisotopic (exact) mass is 335 g/mol. The first-order valence-electron chi connectivity index (χ1n) is 6.34. The van der Waals surface area contributed by atoms with Crippen molar-refractivity contribution in [3.05, 3.63) is 28.3 Å². The molecule has 0 heterocycles. The molecular weight excluding hydrogens is 321 g/mol. The van der Waals surface area contributed by atoms with Gasteiger partial charge in [0.25, 0.3) is 15.0 Å². The molecule has 0 unspecified atom stereocenters. The van der Waals surface area contributed by atoms with Crippen LogP contribution in [0.4, 0.5) is 0 Å². The molecule has 1 aliphatic carbocycles. The Kier molecular flexibility index (Phi) is 4.62. The molecule has 0 atom stereocenters. The van der Waals surface area contributed by atoms with Gasteiger partial charge in [-0.25, -0.2) is 8.42 Å². The predicted molar refractivity (Wildman–Crippen MR) is 79.0 cm³/mol. The van der Waals surface area contributed by atoms with Gasteiger partial charge in [0.15, 0.2) is 0 Å². The van der Waals surface area contributed by atoms with Gasteiger partial charge < -0.3 is 5.32 Å². The maximum absolute atomic E-state index is 12.2. The molecule has 1 amide bonds. The largest absolute Gasteiger partial charge is 0.349 e. The summed E-state index contributed by atoms with van der Waals surface area (Å²) in [5.41, 5.74) is 0.801. The number of amides is 1. The highest BCUT2D eigenvalue weighted by Crippen LogP contribution is 2.27. The summed E-state index contributed by atoms with van der Waals surface area (Å²) in [6.07, 6.45) is 4.10. The van der Waals surface area contributed by atoms with Crippen molar-refractivity contribution in [2.75, 3.05) is 0 Å². The molecule has 0 aliphatic heterocycles. The summed E-state index contributed by atoms with van der Waals surface area (Å²) in [5.74, 6) is -0.307. The van der Waals surface area contributed by atoms with Gasteiger partial charge in [0.05, 0.1) is 4.90 Å². The number of halogens is 2. The second-order valence-corrected chi connectivity index (χ2v) is 7.94. The van der Waals surface area contributed by atoms with Gasteiger partial charge in [-0.3, -0.25) is 4.79 Å². The Bertz CT molecular complexity index is 637. The SMILES string of the molecule is Cc1c(Cl)cc(S(=O)(=O)Cl)cc1C(=O)NC1CCCC1. The Morgan fingerprint density at radius 2 is 1.90 bits per heavy atom. The average molecular weight is 336 g/mol. The molecule has 2 rings (SSSR count). The van der Waals surface area contributed by atoms with E-state index in [1.54, 1.807) is 6.92 Å². The second-order valence-electron chi connectivity index (χ2n) is 4.97. The topological polar surface area (TPSA) is 63.2 Å². The van der Waals surface area contributed by atoms with Crippen LogP contribution in [0, 0.1) is 6.92 Å². The number of carbonyl (C=O) groups excluding carboxylic acids is 1. The molecule has 1 aromatic rings. The van der Waals surface area contributed by atoms with Gasteiger partial charge >= 0.3 is 0 Å². The van der Waals surface area contributed by atoms with Crippen molar-refractivity contribution in [1.29, 1.82) is 0 Å². The van der Waals surface area contributed by atoms with Gasteiger partial charge in [0.2, 0.25) is 0 Å². The second kappa shape index (κ2) is 5.92. The number of hydrogen-bond acceptors (Lipinski definition) is 3.